The summed E-state index contributed by atoms with van der Waals surface area (Å²) in [5.74, 6) is 0.00910. The third kappa shape index (κ3) is 4.59. The number of pyridine rings is 1. The molecule has 0 aliphatic heterocycles. The smallest absolute Gasteiger partial charge is 0.406 e. The van der Waals surface area contributed by atoms with Crippen molar-refractivity contribution in [2.24, 2.45) is 0 Å². The van der Waals surface area contributed by atoms with E-state index in [4.69, 9.17) is 4.52 Å². The van der Waals surface area contributed by atoms with Crippen molar-refractivity contribution in [3.05, 3.63) is 89.7 Å². The minimum absolute atomic E-state index is 0.311. The molecule has 31 heavy (non-hydrogen) atoms. The summed E-state index contributed by atoms with van der Waals surface area (Å²) in [5, 5.41) is 15.2. The van der Waals surface area contributed by atoms with Crippen LogP contribution < -0.4 is 4.74 Å². The lowest BCUT2D eigenvalue weighted by molar-refractivity contribution is -0.274. The molecule has 1 atom stereocenters. The van der Waals surface area contributed by atoms with Gasteiger partial charge in [-0.05, 0) is 37.3 Å². The number of ether oxygens (including phenoxy) is 1. The van der Waals surface area contributed by atoms with Gasteiger partial charge in [-0.3, -0.25) is 4.98 Å². The third-order valence-corrected chi connectivity index (χ3v) is 4.68. The molecule has 0 bridgehead atoms. The Kier molecular flexibility index (Phi) is 5.48. The molecule has 1 N–H and O–H groups in total. The molecule has 2 aromatic carbocycles. The van der Waals surface area contributed by atoms with Crippen LogP contribution in [-0.4, -0.2) is 21.6 Å². The lowest BCUT2D eigenvalue weighted by Gasteiger charge is -2.13. The first kappa shape index (κ1) is 20.6. The van der Waals surface area contributed by atoms with E-state index >= 15 is 0 Å². The van der Waals surface area contributed by atoms with E-state index in [1.165, 1.54) is 30.5 Å². The molecule has 0 saturated heterocycles. The molecular weight excluding hydrogens is 409 g/mol. The fraction of sp³-hybridized carbons (Fsp3) is 0.130. The van der Waals surface area contributed by atoms with Gasteiger partial charge in [-0.25, -0.2) is 0 Å². The largest absolute Gasteiger partial charge is 0.573 e. The lowest BCUT2D eigenvalue weighted by Crippen LogP contribution is -2.16. The molecule has 0 spiro atoms. The van der Waals surface area contributed by atoms with Gasteiger partial charge in [-0.15, -0.1) is 13.2 Å². The SMILES string of the molecule is Cc1ccc(-c2onc(-c3ccc(OC(F)(F)F)cc3)c2C(O)c2cccnc2)cc1. The Hall–Kier alpha value is -3.65. The maximum Gasteiger partial charge on any atom is 0.573 e. The molecule has 8 heteroatoms. The Bertz CT molecular complexity index is 1160. The van der Waals surface area contributed by atoms with Gasteiger partial charge in [0.2, 0.25) is 0 Å². The van der Waals surface area contributed by atoms with Crippen molar-refractivity contribution in [3.63, 3.8) is 0 Å². The number of alkyl halides is 3. The predicted molar refractivity (Wildman–Crippen MR) is 107 cm³/mol. The first-order valence-corrected chi connectivity index (χ1v) is 9.32. The number of aliphatic hydroxyl groups excluding tert-OH is 1. The second-order valence-electron chi connectivity index (χ2n) is 6.90. The number of rotatable bonds is 5. The molecular formula is C23H17F3N2O3. The highest BCUT2D eigenvalue weighted by molar-refractivity contribution is 5.74. The number of hydrogen-bond donors (Lipinski definition) is 1. The zero-order chi connectivity index (χ0) is 22.0. The molecule has 5 nitrogen and oxygen atoms in total. The quantitative estimate of drug-likeness (QED) is 0.444. The summed E-state index contributed by atoms with van der Waals surface area (Å²) in [7, 11) is 0. The van der Waals surface area contributed by atoms with Gasteiger partial charge in [0.15, 0.2) is 5.76 Å². The Morgan fingerprint density at radius 2 is 1.65 bits per heavy atom. The summed E-state index contributed by atoms with van der Waals surface area (Å²) in [6.07, 6.45) is -2.78. The highest BCUT2D eigenvalue weighted by atomic mass is 19.4. The van der Waals surface area contributed by atoms with Crippen LogP contribution in [0.3, 0.4) is 0 Å². The number of aromatic nitrogens is 2. The summed E-state index contributed by atoms with van der Waals surface area (Å²) in [6, 6.07) is 16.1. The molecule has 0 fully saturated rings. The van der Waals surface area contributed by atoms with Crippen molar-refractivity contribution in [1.29, 1.82) is 0 Å². The first-order chi connectivity index (χ1) is 14.8. The van der Waals surface area contributed by atoms with E-state index in [1.54, 1.807) is 18.3 Å². The van der Waals surface area contributed by atoms with Crippen molar-refractivity contribution in [2.75, 3.05) is 0 Å². The summed E-state index contributed by atoms with van der Waals surface area (Å²) in [5.41, 5.74) is 3.45. The minimum atomic E-state index is -4.78. The summed E-state index contributed by atoms with van der Waals surface area (Å²) >= 11 is 0. The summed E-state index contributed by atoms with van der Waals surface area (Å²) < 4.78 is 46.9. The maximum atomic E-state index is 12.5. The van der Waals surface area contributed by atoms with Gasteiger partial charge in [0.05, 0.1) is 5.56 Å². The molecule has 4 rings (SSSR count). The lowest BCUT2D eigenvalue weighted by atomic mass is 9.94. The third-order valence-electron chi connectivity index (χ3n) is 4.68. The molecule has 0 amide bonds. The predicted octanol–water partition coefficient (Wildman–Crippen LogP) is 5.69. The topological polar surface area (TPSA) is 68.4 Å². The van der Waals surface area contributed by atoms with Crippen LogP contribution in [0.1, 0.15) is 22.8 Å². The maximum absolute atomic E-state index is 12.5. The van der Waals surface area contributed by atoms with E-state index in [1.807, 2.05) is 31.2 Å². The van der Waals surface area contributed by atoms with Gasteiger partial charge >= 0.3 is 6.36 Å². The zero-order valence-corrected chi connectivity index (χ0v) is 16.3. The van der Waals surface area contributed by atoms with Crippen LogP contribution in [-0.2, 0) is 0 Å². The van der Waals surface area contributed by atoms with Crippen LogP contribution in [0.4, 0.5) is 13.2 Å². The van der Waals surface area contributed by atoms with E-state index in [0.29, 0.717) is 33.7 Å². The fourth-order valence-corrected chi connectivity index (χ4v) is 3.19. The Labute approximate surface area is 175 Å². The molecule has 0 radical (unpaired) electrons. The molecule has 0 saturated carbocycles. The number of halogens is 3. The van der Waals surface area contributed by atoms with Crippen LogP contribution in [0.5, 0.6) is 5.75 Å². The molecule has 0 aliphatic rings. The molecule has 2 heterocycles. The van der Waals surface area contributed by atoms with Crippen molar-refractivity contribution < 1.29 is 27.5 Å². The monoisotopic (exact) mass is 426 g/mol. The van der Waals surface area contributed by atoms with Crippen LogP contribution >= 0.6 is 0 Å². The van der Waals surface area contributed by atoms with Gasteiger partial charge in [-0.2, -0.15) is 0 Å². The summed E-state index contributed by atoms with van der Waals surface area (Å²) in [6.45, 7) is 1.95. The van der Waals surface area contributed by atoms with Gasteiger partial charge in [0, 0.05) is 29.1 Å². The van der Waals surface area contributed by atoms with Crippen LogP contribution in [0.15, 0.2) is 77.6 Å². The van der Waals surface area contributed by atoms with Gasteiger partial charge < -0.3 is 14.4 Å². The summed E-state index contributed by atoms with van der Waals surface area (Å²) in [4.78, 5) is 4.04. The van der Waals surface area contributed by atoms with Gasteiger partial charge in [0.25, 0.3) is 0 Å². The molecule has 158 valence electrons. The second-order valence-corrected chi connectivity index (χ2v) is 6.90. The Balaban J connectivity index is 1.80. The van der Waals surface area contributed by atoms with E-state index in [-0.39, 0.29) is 5.75 Å². The minimum Gasteiger partial charge on any atom is -0.406 e. The highest BCUT2D eigenvalue weighted by Crippen LogP contribution is 2.39. The number of benzene rings is 2. The van der Waals surface area contributed by atoms with Gasteiger partial charge in [0.1, 0.15) is 17.5 Å². The van der Waals surface area contributed by atoms with Crippen molar-refractivity contribution >= 4 is 0 Å². The van der Waals surface area contributed by atoms with E-state index in [9.17, 15) is 18.3 Å². The van der Waals surface area contributed by atoms with Crippen molar-refractivity contribution in [2.45, 2.75) is 19.4 Å². The second kappa shape index (κ2) is 8.23. The van der Waals surface area contributed by atoms with Crippen molar-refractivity contribution in [3.8, 4) is 28.3 Å². The van der Waals surface area contributed by atoms with Gasteiger partial charge in [-0.1, -0.05) is 41.1 Å². The average Bonchev–Trinajstić information content (AvgIpc) is 3.19. The number of nitrogens with zero attached hydrogens (tertiary/aromatic N) is 2. The van der Waals surface area contributed by atoms with Crippen LogP contribution in [0, 0.1) is 6.92 Å². The normalized spacial score (nSPS) is 12.5. The Morgan fingerprint density at radius 3 is 2.26 bits per heavy atom. The number of aryl methyl sites for hydroxylation is 1. The number of aliphatic hydroxyl groups is 1. The standard InChI is InChI=1S/C23H17F3N2O3/c1-14-4-6-16(7-5-14)22-19(21(29)17-3-2-12-27-13-17)20(28-31-22)15-8-10-18(11-9-15)30-23(24,25)26/h2-13,21,29H,1H3. The highest BCUT2D eigenvalue weighted by Gasteiger charge is 2.31. The number of hydrogen-bond acceptors (Lipinski definition) is 5. The van der Waals surface area contributed by atoms with Crippen LogP contribution in [0.25, 0.3) is 22.6 Å². The Morgan fingerprint density at radius 1 is 0.968 bits per heavy atom. The zero-order valence-electron chi connectivity index (χ0n) is 16.3. The fourth-order valence-electron chi connectivity index (χ4n) is 3.19. The van der Waals surface area contributed by atoms with E-state index in [2.05, 4.69) is 14.9 Å². The van der Waals surface area contributed by atoms with Crippen LogP contribution in [0.2, 0.25) is 0 Å². The van der Waals surface area contributed by atoms with Crippen molar-refractivity contribution in [1.82, 2.24) is 10.1 Å². The molecule has 0 aliphatic carbocycles. The first-order valence-electron chi connectivity index (χ1n) is 9.32. The molecule has 1 unspecified atom stereocenters. The molecule has 2 aromatic heterocycles. The molecule has 4 aromatic rings. The average molecular weight is 426 g/mol. The van der Waals surface area contributed by atoms with E-state index in [0.717, 1.165) is 5.56 Å². The van der Waals surface area contributed by atoms with E-state index < -0.39 is 12.5 Å².